The third-order valence-corrected chi connectivity index (χ3v) is 21.6. The van der Waals surface area contributed by atoms with Gasteiger partial charge in [-0.15, -0.1) is 0 Å². The first-order valence-corrected chi connectivity index (χ1v) is 26.9. The third-order valence-electron chi connectivity index (χ3n) is 21.1. The number of hydrogen-bond acceptors (Lipinski definition) is 8. The molecule has 1 heterocycles. The van der Waals surface area contributed by atoms with Crippen LogP contribution in [0.4, 0.5) is 0 Å². The van der Waals surface area contributed by atoms with Gasteiger partial charge in [0.05, 0.1) is 28.8 Å². The van der Waals surface area contributed by atoms with Crippen molar-refractivity contribution in [2.45, 2.75) is 181 Å². The molecule has 0 radical (unpaired) electrons. The molecule has 1 aromatic rings. The fraction of sp³-hybridized carbons (Fsp3) is 0.887. The molecular weight excluding hydrogens is 935 g/mol. The number of carbonyl (C=O) groups is 3. The number of ketones is 2. The van der Waals surface area contributed by atoms with Gasteiger partial charge >= 0.3 is 103 Å². The maximum absolute atomic E-state index is 13.6. The average Bonchev–Trinajstić information content (AvgIpc) is 4.18. The van der Waals surface area contributed by atoms with Crippen molar-refractivity contribution in [1.82, 2.24) is 9.78 Å². The summed E-state index contributed by atoms with van der Waals surface area (Å²) in [6, 6.07) is 2.00. The van der Waals surface area contributed by atoms with Gasteiger partial charge in [0.1, 0.15) is 5.78 Å². The number of rotatable bonds is 8. The van der Waals surface area contributed by atoms with Gasteiger partial charge in [0, 0.05) is 18.0 Å². The van der Waals surface area contributed by atoms with E-state index in [0.29, 0.717) is 29.4 Å². The van der Waals surface area contributed by atoms with Crippen LogP contribution in [-0.4, -0.2) is 54.6 Å². The second kappa shape index (κ2) is 21.6. The zero-order valence-electron chi connectivity index (χ0n) is 42.2. The minimum atomic E-state index is -0.441. The molecule has 10 aliphatic rings. The number of carbonyl (C=O) groups excluding carboxylic acids is 3. The molecule has 0 aromatic carbocycles. The van der Waals surface area contributed by atoms with Crippen LogP contribution in [0.5, 0.6) is 0 Å². The minimum absolute atomic E-state index is 0. The van der Waals surface area contributed by atoms with E-state index in [0.717, 1.165) is 121 Å². The van der Waals surface area contributed by atoms with Gasteiger partial charge in [-0.3, -0.25) is 19.1 Å². The number of alkyl halides is 1. The molecule has 12 heteroatoms. The molecular formula is C53H81BrK2N2O7. The molecule has 1 aromatic heterocycles. The SMILES string of the molecule is C[C@@]1(O)CC[C@H]2[C@H](CC[C@@H]3[C@@H]2CC[C@@]2(C)[C@H]3[C@H](C3CC3)C[C@@H]2C(=O)CBr)C1.Cc1ccn(CC(=O)[C@H]2C[C@@H](C3CC3)[C@H]3[C@@H]4CC[C@@H]5C[C@](C)(O)CC[C@@H]5[C@H]4CC[C@@]32C)n1.O=CO[O-].[H-].[K+].[K+]. The fourth-order valence-electron chi connectivity index (χ4n) is 18.4. The minimum Gasteiger partial charge on any atom is -1.00 e. The number of aromatic nitrogens is 2. The first kappa shape index (κ1) is 54.4. The van der Waals surface area contributed by atoms with Crippen molar-refractivity contribution >= 4 is 34.0 Å². The Morgan fingerprint density at radius 3 is 1.49 bits per heavy atom. The molecule has 0 saturated heterocycles. The van der Waals surface area contributed by atoms with E-state index in [9.17, 15) is 19.8 Å². The molecule has 0 bridgehead atoms. The second-order valence-corrected chi connectivity index (χ2v) is 25.3. The van der Waals surface area contributed by atoms with Crippen molar-refractivity contribution in [3.63, 3.8) is 0 Å². The number of aryl methyl sites for hydroxylation is 1. The van der Waals surface area contributed by atoms with Gasteiger partial charge in [-0.05, 0) is 249 Å². The van der Waals surface area contributed by atoms with Crippen molar-refractivity contribution in [3.8, 4) is 0 Å². The number of nitrogens with zero attached hydrogens (tertiary/aromatic N) is 2. The number of hydrogen-bond donors (Lipinski definition) is 2. The summed E-state index contributed by atoms with van der Waals surface area (Å²) in [6.45, 7) is 11.4. The first-order valence-electron chi connectivity index (χ1n) is 25.8. The summed E-state index contributed by atoms with van der Waals surface area (Å²) in [4.78, 5) is 37.7. The summed E-state index contributed by atoms with van der Waals surface area (Å²) >= 11 is 3.49. The van der Waals surface area contributed by atoms with E-state index in [2.05, 4.69) is 53.6 Å². The van der Waals surface area contributed by atoms with Crippen molar-refractivity contribution in [3.05, 3.63) is 18.0 Å². The summed E-state index contributed by atoms with van der Waals surface area (Å²) in [5, 5.41) is 34.8. The second-order valence-electron chi connectivity index (χ2n) is 24.8. The van der Waals surface area contributed by atoms with Crippen LogP contribution >= 0.6 is 15.9 Å². The van der Waals surface area contributed by atoms with Crippen molar-refractivity contribution < 1.29 is 139 Å². The first-order chi connectivity index (χ1) is 30.0. The van der Waals surface area contributed by atoms with Crippen LogP contribution in [0.15, 0.2) is 12.3 Å². The molecule has 10 aliphatic carbocycles. The van der Waals surface area contributed by atoms with Crippen molar-refractivity contribution in [1.29, 1.82) is 0 Å². The Hall–Kier alpha value is 1.65. The van der Waals surface area contributed by atoms with Crippen LogP contribution in [0, 0.1) is 112 Å². The molecule has 9 nitrogen and oxygen atoms in total. The van der Waals surface area contributed by atoms with E-state index in [1.807, 2.05) is 23.9 Å². The molecule has 0 unspecified atom stereocenters. The molecule has 354 valence electrons. The quantitative estimate of drug-likeness (QED) is 0.133. The van der Waals surface area contributed by atoms with E-state index in [1.165, 1.54) is 96.3 Å². The predicted molar refractivity (Wildman–Crippen MR) is 245 cm³/mol. The summed E-state index contributed by atoms with van der Waals surface area (Å²) in [5.74, 6) is 12.9. The molecule has 0 aliphatic heterocycles. The van der Waals surface area contributed by atoms with Gasteiger partial charge in [0.15, 0.2) is 5.78 Å². The molecule has 0 amide bonds. The van der Waals surface area contributed by atoms with Gasteiger partial charge in [0.2, 0.25) is 0 Å². The molecule has 10 fully saturated rings. The van der Waals surface area contributed by atoms with Crippen LogP contribution in [0.2, 0.25) is 0 Å². The maximum atomic E-state index is 13.6. The van der Waals surface area contributed by atoms with Gasteiger partial charge in [0.25, 0.3) is 6.47 Å². The summed E-state index contributed by atoms with van der Waals surface area (Å²) in [6.07, 6.45) is 26.8. The Bertz CT molecular complexity index is 1840. The maximum Gasteiger partial charge on any atom is 1.00 e. The van der Waals surface area contributed by atoms with Gasteiger partial charge in [-0.25, -0.2) is 0 Å². The van der Waals surface area contributed by atoms with E-state index in [-0.39, 0.29) is 127 Å². The van der Waals surface area contributed by atoms with Crippen molar-refractivity contribution in [2.24, 2.45) is 106 Å². The van der Waals surface area contributed by atoms with Crippen LogP contribution in [0.3, 0.4) is 0 Å². The summed E-state index contributed by atoms with van der Waals surface area (Å²) in [5.41, 5.74) is 0.568. The number of Topliss-reactive ketones (excluding diaryl/α,β-unsaturated/α-hetero) is 2. The Kier molecular flexibility index (Phi) is 18.1. The fourth-order valence-corrected chi connectivity index (χ4v) is 18.8. The molecule has 2 N–H and O–H groups in total. The van der Waals surface area contributed by atoms with Gasteiger partial charge in [-0.1, -0.05) is 29.8 Å². The summed E-state index contributed by atoms with van der Waals surface area (Å²) < 4.78 is 1.87. The van der Waals surface area contributed by atoms with E-state index in [1.54, 1.807) is 0 Å². The van der Waals surface area contributed by atoms with Crippen LogP contribution in [0.25, 0.3) is 0 Å². The molecule has 10 saturated carbocycles. The Labute approximate surface area is 485 Å². The molecule has 11 rings (SSSR count). The molecule has 18 atom stereocenters. The normalized spacial score (nSPS) is 46.7. The Balaban J connectivity index is 0.000000196. The van der Waals surface area contributed by atoms with E-state index >= 15 is 0 Å². The standard InChI is InChI=1S/C28H42N2O2.C24H37BrO2.CH2O3.2K.H/c1-17-10-13-30(29-17)16-25(31)24-14-23(18-4-5-18)26-22-7-6-19-15-27(2,32)11-8-20(19)21(22)9-12-28(24,26)3;1-23(27)9-7-16-15(12-23)5-6-18-17(16)8-10-24(2)20(21(26)13-25)11-19(22(18)24)14-3-4-14;2-1-4-3;;;/h10,13,18-24,26,32H,4-9,11-12,14-16H2,1-3H3;14-20,22,27H,3-13H2,1-2H3;1,3H;;;/q;;;2*+1;-1/p-1/t19-,20+,21-,22-,23+,24-,26-,27-,28-;15-,16+,17-,18-,19+,20-,22-,23-,24-;;;;/m11..../s1. The zero-order valence-corrected chi connectivity index (χ0v) is 49.1. The average molecular weight is 1020 g/mol. The third kappa shape index (κ3) is 11.0. The van der Waals surface area contributed by atoms with Gasteiger partial charge < -0.3 is 21.8 Å². The number of halogens is 1. The predicted octanol–water partition coefficient (Wildman–Crippen LogP) is 3.58. The van der Waals surface area contributed by atoms with Crippen LogP contribution in [-0.2, 0) is 25.8 Å². The monoisotopic (exact) mass is 1010 g/mol. The van der Waals surface area contributed by atoms with Crippen LogP contribution in [0.1, 0.15) is 163 Å². The topological polar surface area (TPSA) is 142 Å². The van der Waals surface area contributed by atoms with Crippen molar-refractivity contribution in [2.75, 3.05) is 5.33 Å². The largest absolute Gasteiger partial charge is 1.00 e. The van der Waals surface area contributed by atoms with Crippen LogP contribution < -0.4 is 108 Å². The summed E-state index contributed by atoms with van der Waals surface area (Å²) in [7, 11) is 0. The smallest absolute Gasteiger partial charge is 1.00 e. The molecule has 65 heavy (non-hydrogen) atoms. The number of aliphatic hydroxyl groups is 2. The number of fused-ring (bicyclic) bond motifs is 10. The zero-order chi connectivity index (χ0) is 44.6. The van der Waals surface area contributed by atoms with Gasteiger partial charge in [-0.2, -0.15) is 5.10 Å². The Morgan fingerprint density at radius 2 is 1.11 bits per heavy atom. The molecule has 0 spiro atoms. The Morgan fingerprint density at radius 1 is 0.692 bits per heavy atom. The van der Waals surface area contributed by atoms with E-state index < -0.39 is 11.2 Å². The van der Waals surface area contributed by atoms with E-state index in [4.69, 9.17) is 10.1 Å².